The normalized spacial score (nSPS) is 26.0. The lowest BCUT2D eigenvalue weighted by molar-refractivity contribution is -0.121. The molecule has 3 aliphatic rings. The molecule has 0 amide bonds. The molecule has 0 radical (unpaired) electrons. The van der Waals surface area contributed by atoms with Crippen molar-refractivity contribution in [2.45, 2.75) is 19.8 Å². The maximum absolute atomic E-state index is 12.5. The van der Waals surface area contributed by atoms with Crippen LogP contribution in [-0.4, -0.2) is 11.6 Å². The molecular weight excluding hydrogens is 284 g/mol. The summed E-state index contributed by atoms with van der Waals surface area (Å²) in [5.41, 5.74) is 6.09. The first-order valence-corrected chi connectivity index (χ1v) is 7.37. The fraction of sp³-hybridized carbons (Fsp3) is 0.222. The summed E-state index contributed by atoms with van der Waals surface area (Å²) in [6.07, 6.45) is 1.30. The summed E-state index contributed by atoms with van der Waals surface area (Å²) in [7, 11) is 0. The van der Waals surface area contributed by atoms with Gasteiger partial charge in [0.1, 0.15) is 0 Å². The Hall–Kier alpha value is -1.93. The predicted molar refractivity (Wildman–Crippen MR) is 81.9 cm³/mol. The van der Waals surface area contributed by atoms with Crippen LogP contribution in [-0.2, 0) is 9.59 Å². The van der Waals surface area contributed by atoms with Gasteiger partial charge in [0, 0.05) is 17.6 Å². The minimum atomic E-state index is -0.380. The number of carbonyl (C=O) groups excluding carboxylic acids is 2. The number of carbonyl (C=O) groups is 2. The van der Waals surface area contributed by atoms with Crippen molar-refractivity contribution in [2.24, 2.45) is 5.92 Å². The zero-order valence-electron chi connectivity index (χ0n) is 11.7. The van der Waals surface area contributed by atoms with Crippen molar-refractivity contribution >= 4 is 28.7 Å². The van der Waals surface area contributed by atoms with Crippen LogP contribution in [0.3, 0.4) is 0 Å². The van der Waals surface area contributed by atoms with Gasteiger partial charge in [-0.15, -0.1) is 0 Å². The van der Waals surface area contributed by atoms with Gasteiger partial charge in [-0.2, -0.15) is 0 Å². The molecule has 4 rings (SSSR count). The van der Waals surface area contributed by atoms with E-state index in [0.717, 1.165) is 27.8 Å². The van der Waals surface area contributed by atoms with Crippen molar-refractivity contribution in [2.75, 3.05) is 0 Å². The second-order valence-corrected chi connectivity index (χ2v) is 6.38. The third-order valence-electron chi connectivity index (χ3n) is 4.63. The van der Waals surface area contributed by atoms with E-state index in [1.54, 1.807) is 0 Å². The van der Waals surface area contributed by atoms with Crippen molar-refractivity contribution in [1.29, 1.82) is 0 Å². The molecule has 1 aromatic rings. The lowest BCUT2D eigenvalue weighted by Crippen LogP contribution is -2.29. The zero-order valence-corrected chi connectivity index (χ0v) is 12.5. The molecule has 21 heavy (non-hydrogen) atoms. The molecule has 2 atom stereocenters. The largest absolute Gasteiger partial charge is 0.294 e. The second-order valence-electron chi connectivity index (χ2n) is 5.97. The van der Waals surface area contributed by atoms with Gasteiger partial charge in [-0.05, 0) is 36.1 Å². The van der Waals surface area contributed by atoms with Crippen LogP contribution in [0.15, 0.2) is 52.1 Å². The molecule has 0 aliphatic heterocycles. The Labute approximate surface area is 127 Å². The predicted octanol–water partition coefficient (Wildman–Crippen LogP) is 3.78. The summed E-state index contributed by atoms with van der Waals surface area (Å²) in [6.45, 7) is 4.08. The topological polar surface area (TPSA) is 34.1 Å². The number of fused-ring (bicyclic) bond motifs is 7. The van der Waals surface area contributed by atoms with Crippen LogP contribution in [0.1, 0.15) is 30.9 Å². The SMILES string of the molecule is CC(C)=C1C2=C3C(=O)C(Cl)=CC(=O)C3C1c1ccccc12. The van der Waals surface area contributed by atoms with E-state index in [-0.39, 0.29) is 28.4 Å². The molecule has 104 valence electrons. The third kappa shape index (κ3) is 1.43. The number of benzene rings is 1. The van der Waals surface area contributed by atoms with Gasteiger partial charge in [0.25, 0.3) is 0 Å². The van der Waals surface area contributed by atoms with Gasteiger partial charge >= 0.3 is 0 Å². The Kier molecular flexibility index (Phi) is 2.46. The van der Waals surface area contributed by atoms with Gasteiger partial charge in [-0.25, -0.2) is 0 Å². The van der Waals surface area contributed by atoms with Crippen LogP contribution in [0.4, 0.5) is 0 Å². The van der Waals surface area contributed by atoms with E-state index in [0.29, 0.717) is 5.57 Å². The number of rotatable bonds is 0. The van der Waals surface area contributed by atoms with Crippen LogP contribution in [0.25, 0.3) is 5.57 Å². The summed E-state index contributed by atoms with van der Waals surface area (Å²) in [4.78, 5) is 24.9. The highest BCUT2D eigenvalue weighted by Gasteiger charge is 2.53. The molecule has 0 N–H and O–H groups in total. The summed E-state index contributed by atoms with van der Waals surface area (Å²) in [5.74, 6) is -0.640. The fourth-order valence-corrected chi connectivity index (χ4v) is 4.15. The molecule has 0 saturated heterocycles. The van der Waals surface area contributed by atoms with E-state index in [1.807, 2.05) is 32.0 Å². The van der Waals surface area contributed by atoms with Gasteiger partial charge in [-0.1, -0.05) is 41.4 Å². The van der Waals surface area contributed by atoms with Gasteiger partial charge in [-0.3, -0.25) is 9.59 Å². The molecule has 0 saturated carbocycles. The first-order chi connectivity index (χ1) is 10.0. The highest BCUT2D eigenvalue weighted by molar-refractivity contribution is 6.49. The van der Waals surface area contributed by atoms with Gasteiger partial charge in [0.15, 0.2) is 5.78 Å². The molecule has 2 nitrogen and oxygen atoms in total. The van der Waals surface area contributed by atoms with Gasteiger partial charge < -0.3 is 0 Å². The molecule has 0 heterocycles. The van der Waals surface area contributed by atoms with Crippen molar-refractivity contribution in [3.8, 4) is 0 Å². The summed E-state index contributed by atoms with van der Waals surface area (Å²) in [5, 5.41) is 0.0388. The first kappa shape index (κ1) is 12.8. The summed E-state index contributed by atoms with van der Waals surface area (Å²) in [6, 6.07) is 8.04. The number of hydrogen-bond acceptors (Lipinski definition) is 2. The average Bonchev–Trinajstić information content (AvgIpc) is 2.97. The first-order valence-electron chi connectivity index (χ1n) is 6.99. The average molecular weight is 297 g/mol. The van der Waals surface area contributed by atoms with E-state index in [2.05, 4.69) is 6.07 Å². The molecular formula is C18H13ClO2. The fourth-order valence-electron chi connectivity index (χ4n) is 3.94. The van der Waals surface area contributed by atoms with Gasteiger partial charge in [0.05, 0.1) is 11.0 Å². The molecule has 0 fully saturated rings. The van der Waals surface area contributed by atoms with Crippen molar-refractivity contribution in [3.63, 3.8) is 0 Å². The van der Waals surface area contributed by atoms with E-state index in [1.165, 1.54) is 6.08 Å². The Morgan fingerprint density at radius 2 is 1.81 bits per heavy atom. The Morgan fingerprint density at radius 3 is 2.52 bits per heavy atom. The second kappa shape index (κ2) is 4.05. The van der Waals surface area contributed by atoms with E-state index in [9.17, 15) is 9.59 Å². The minimum absolute atomic E-state index is 0.0198. The minimum Gasteiger partial charge on any atom is -0.294 e. The highest BCUT2D eigenvalue weighted by atomic mass is 35.5. The van der Waals surface area contributed by atoms with E-state index >= 15 is 0 Å². The van der Waals surface area contributed by atoms with Crippen LogP contribution < -0.4 is 0 Å². The van der Waals surface area contributed by atoms with Crippen molar-refractivity contribution < 1.29 is 9.59 Å². The number of halogens is 1. The lowest BCUT2D eigenvalue weighted by Gasteiger charge is -2.26. The smallest absolute Gasteiger partial charge is 0.201 e. The van der Waals surface area contributed by atoms with E-state index < -0.39 is 0 Å². The Bertz CT molecular complexity index is 819. The molecule has 1 aromatic carbocycles. The summed E-state index contributed by atoms with van der Waals surface area (Å²) < 4.78 is 0. The zero-order chi connectivity index (χ0) is 14.9. The van der Waals surface area contributed by atoms with Crippen LogP contribution in [0.5, 0.6) is 0 Å². The molecule has 2 bridgehead atoms. The molecule has 0 spiro atoms. The lowest BCUT2D eigenvalue weighted by atomic mass is 9.75. The van der Waals surface area contributed by atoms with Crippen LogP contribution in [0, 0.1) is 5.92 Å². The molecule has 3 aliphatic carbocycles. The number of hydrogen-bond donors (Lipinski definition) is 0. The summed E-state index contributed by atoms with van der Waals surface area (Å²) >= 11 is 5.96. The van der Waals surface area contributed by atoms with Gasteiger partial charge in [0.2, 0.25) is 5.78 Å². The number of Topliss-reactive ketones (excluding diaryl/α,β-unsaturated/α-hetero) is 1. The highest BCUT2D eigenvalue weighted by Crippen LogP contribution is 2.61. The third-order valence-corrected chi connectivity index (χ3v) is 4.92. The molecule has 0 aromatic heterocycles. The molecule has 2 unspecified atom stereocenters. The maximum atomic E-state index is 12.5. The number of allylic oxidation sites excluding steroid dienone is 6. The van der Waals surface area contributed by atoms with Crippen LogP contribution in [0.2, 0.25) is 0 Å². The monoisotopic (exact) mass is 296 g/mol. The standard InChI is InChI=1S/C18H13ClO2/c1-8(2)13-14-9-5-3-4-6-10(9)15(13)17-16(14)12(20)7-11(19)18(17)21/h3-7,14,16H,1-2H3. The van der Waals surface area contributed by atoms with Crippen molar-refractivity contribution in [1.82, 2.24) is 0 Å². The Morgan fingerprint density at radius 1 is 1.10 bits per heavy atom. The quantitative estimate of drug-likeness (QED) is 0.730. The van der Waals surface area contributed by atoms with Crippen LogP contribution >= 0.6 is 11.6 Å². The number of ketones is 2. The Balaban J connectivity index is 2.12. The molecule has 3 heteroatoms. The maximum Gasteiger partial charge on any atom is 0.201 e. The van der Waals surface area contributed by atoms with Crippen molar-refractivity contribution in [3.05, 3.63) is 63.2 Å². The van der Waals surface area contributed by atoms with E-state index in [4.69, 9.17) is 11.6 Å².